The number of oxime groups is 1. The van der Waals surface area contributed by atoms with Gasteiger partial charge in [-0.3, -0.25) is 9.36 Å². The molecule has 25 heavy (non-hydrogen) atoms. The molecule has 0 saturated heterocycles. The Kier molecular flexibility index (Phi) is 3.23. The lowest BCUT2D eigenvalue weighted by molar-refractivity contribution is 0.319. The van der Waals surface area contributed by atoms with Crippen molar-refractivity contribution < 1.29 is 13.6 Å². The first-order chi connectivity index (χ1) is 11.8. The van der Waals surface area contributed by atoms with E-state index in [-0.39, 0.29) is 27.6 Å². The van der Waals surface area contributed by atoms with Crippen molar-refractivity contribution in [3.05, 3.63) is 63.2 Å². The minimum absolute atomic E-state index is 0.0283. The summed E-state index contributed by atoms with van der Waals surface area (Å²) < 4.78 is 24.4. The van der Waals surface area contributed by atoms with Gasteiger partial charge in [0.15, 0.2) is 11.5 Å². The third kappa shape index (κ3) is 2.24. The number of aromatic nitrogens is 2. The third-order valence-electron chi connectivity index (χ3n) is 3.94. The summed E-state index contributed by atoms with van der Waals surface area (Å²) >= 11 is 5.94. The Balaban J connectivity index is 2.12. The average molecular weight is 377 g/mol. The zero-order valence-electron chi connectivity index (χ0n) is 12.3. The molecule has 0 unspecified atom stereocenters. The lowest BCUT2D eigenvalue weighted by Gasteiger charge is -2.06. The quantitative estimate of drug-likeness (QED) is 0.381. The highest BCUT2D eigenvalue weighted by molar-refractivity contribution is 7.89. The minimum Gasteiger partial charge on any atom is -0.410 e. The smallest absolute Gasteiger partial charge is 0.266 e. The highest BCUT2D eigenvalue weighted by Crippen LogP contribution is 2.29. The van der Waals surface area contributed by atoms with Crippen molar-refractivity contribution in [3.8, 4) is 5.69 Å². The second-order valence-corrected chi connectivity index (χ2v) is 7.41. The summed E-state index contributed by atoms with van der Waals surface area (Å²) in [4.78, 5) is 17.0. The monoisotopic (exact) mass is 376 g/mol. The molecule has 0 amide bonds. The van der Waals surface area contributed by atoms with Crippen molar-refractivity contribution in [1.29, 1.82) is 0 Å². The summed E-state index contributed by atoms with van der Waals surface area (Å²) in [7, 11) is -3.96. The second-order valence-electron chi connectivity index (χ2n) is 5.41. The molecule has 126 valence electrons. The van der Waals surface area contributed by atoms with Gasteiger partial charge in [0, 0.05) is 10.6 Å². The Morgan fingerprint density at radius 1 is 1.20 bits per heavy atom. The molecule has 1 aliphatic rings. The fourth-order valence-electron chi connectivity index (χ4n) is 2.84. The van der Waals surface area contributed by atoms with Gasteiger partial charge in [0.2, 0.25) is 10.0 Å². The van der Waals surface area contributed by atoms with E-state index in [1.807, 2.05) is 0 Å². The van der Waals surface area contributed by atoms with E-state index in [4.69, 9.17) is 16.7 Å². The number of nitrogens with two attached hydrogens (primary N) is 1. The maximum Gasteiger partial charge on any atom is 0.266 e. The van der Waals surface area contributed by atoms with E-state index in [2.05, 4.69) is 10.1 Å². The highest BCUT2D eigenvalue weighted by Gasteiger charge is 2.30. The Morgan fingerprint density at radius 2 is 1.96 bits per heavy atom. The number of sulfonamides is 1. The molecule has 0 bridgehead atoms. The van der Waals surface area contributed by atoms with Crippen LogP contribution in [-0.4, -0.2) is 28.9 Å². The van der Waals surface area contributed by atoms with E-state index in [0.717, 1.165) is 0 Å². The van der Waals surface area contributed by atoms with E-state index in [1.165, 1.54) is 28.8 Å². The molecule has 0 saturated carbocycles. The van der Waals surface area contributed by atoms with Gasteiger partial charge in [0.05, 0.1) is 21.5 Å². The van der Waals surface area contributed by atoms with Crippen LogP contribution < -0.4 is 10.7 Å². The first-order valence-electron chi connectivity index (χ1n) is 6.93. The molecule has 2 heterocycles. The molecule has 0 fully saturated rings. The van der Waals surface area contributed by atoms with Crippen molar-refractivity contribution in [2.24, 2.45) is 10.3 Å². The lowest BCUT2D eigenvalue weighted by Crippen LogP contribution is -2.21. The van der Waals surface area contributed by atoms with Crippen LogP contribution in [0.2, 0.25) is 5.02 Å². The van der Waals surface area contributed by atoms with Gasteiger partial charge in [-0.2, -0.15) is 0 Å². The summed E-state index contributed by atoms with van der Waals surface area (Å²) in [6.45, 7) is 0. The molecule has 0 atom stereocenters. The van der Waals surface area contributed by atoms with Gasteiger partial charge in [0.25, 0.3) is 5.56 Å². The highest BCUT2D eigenvalue weighted by atomic mass is 35.5. The zero-order chi connectivity index (χ0) is 17.9. The Labute approximate surface area is 145 Å². The molecule has 3 N–H and O–H groups in total. The van der Waals surface area contributed by atoms with E-state index in [0.29, 0.717) is 21.6 Å². The average Bonchev–Trinajstić information content (AvgIpc) is 2.86. The largest absolute Gasteiger partial charge is 0.410 e. The predicted octanol–water partition coefficient (Wildman–Crippen LogP) is 1.23. The van der Waals surface area contributed by atoms with Gasteiger partial charge < -0.3 is 5.21 Å². The van der Waals surface area contributed by atoms with Gasteiger partial charge in [0.1, 0.15) is 0 Å². The molecule has 2 aromatic carbocycles. The number of benzene rings is 2. The first kappa shape index (κ1) is 15.8. The third-order valence-corrected chi connectivity index (χ3v) is 5.08. The molecule has 4 rings (SSSR count). The lowest BCUT2D eigenvalue weighted by atomic mass is 10.1. The van der Waals surface area contributed by atoms with Crippen LogP contribution in [0.5, 0.6) is 0 Å². The molecular formula is C15H9ClN4O4S. The van der Waals surface area contributed by atoms with E-state index in [1.54, 1.807) is 12.1 Å². The van der Waals surface area contributed by atoms with Gasteiger partial charge in [-0.1, -0.05) is 16.8 Å². The van der Waals surface area contributed by atoms with Crippen molar-refractivity contribution in [2.45, 2.75) is 4.90 Å². The number of fused-ring (bicyclic) bond motifs is 4. The summed E-state index contributed by atoms with van der Waals surface area (Å²) in [6.07, 6.45) is 0. The van der Waals surface area contributed by atoms with Gasteiger partial charge in [-0.25, -0.2) is 18.5 Å². The van der Waals surface area contributed by atoms with E-state index < -0.39 is 10.0 Å². The molecular weight excluding hydrogens is 368 g/mol. The standard InChI is InChI=1S/C15H9ClN4O4S/c16-7-1-3-9-11(5-7)18-14-13(19-22)10-6-8(25(17,23)24)2-4-12(10)20(14)15(9)21/h1-6,22H,(H2,17,23,24)/b19-13+. The Morgan fingerprint density at radius 3 is 2.64 bits per heavy atom. The molecule has 8 nitrogen and oxygen atoms in total. The van der Waals surface area contributed by atoms with Crippen LogP contribution in [0, 0.1) is 0 Å². The predicted molar refractivity (Wildman–Crippen MR) is 91.1 cm³/mol. The van der Waals surface area contributed by atoms with Crippen molar-refractivity contribution in [1.82, 2.24) is 9.55 Å². The zero-order valence-corrected chi connectivity index (χ0v) is 13.9. The fraction of sp³-hybridized carbons (Fsp3) is 0. The molecule has 0 spiro atoms. The number of nitrogens with zero attached hydrogens (tertiary/aromatic N) is 3. The second kappa shape index (κ2) is 5.12. The minimum atomic E-state index is -3.96. The Bertz CT molecular complexity index is 1260. The van der Waals surface area contributed by atoms with Crippen LogP contribution in [0.25, 0.3) is 16.6 Å². The molecule has 0 aliphatic carbocycles. The van der Waals surface area contributed by atoms with Crippen LogP contribution in [-0.2, 0) is 10.0 Å². The Hall–Kier alpha value is -2.75. The number of hydrogen-bond donors (Lipinski definition) is 2. The summed E-state index contributed by atoms with van der Waals surface area (Å²) in [5.74, 6) is 0.0869. The first-order valence-corrected chi connectivity index (χ1v) is 8.86. The van der Waals surface area contributed by atoms with Crippen LogP contribution in [0.3, 0.4) is 0 Å². The molecule has 3 aromatic rings. The van der Waals surface area contributed by atoms with Crippen molar-refractivity contribution in [2.75, 3.05) is 0 Å². The van der Waals surface area contributed by atoms with Gasteiger partial charge in [-0.05, 0) is 36.4 Å². The van der Waals surface area contributed by atoms with Crippen LogP contribution in [0.1, 0.15) is 11.4 Å². The van der Waals surface area contributed by atoms with Crippen molar-refractivity contribution >= 4 is 38.2 Å². The van der Waals surface area contributed by atoms with Crippen LogP contribution in [0.4, 0.5) is 0 Å². The van der Waals surface area contributed by atoms with Gasteiger partial charge in [-0.15, -0.1) is 0 Å². The van der Waals surface area contributed by atoms with Crippen LogP contribution >= 0.6 is 11.6 Å². The van der Waals surface area contributed by atoms with E-state index in [9.17, 15) is 18.4 Å². The normalized spacial score (nSPS) is 14.7. The summed E-state index contributed by atoms with van der Waals surface area (Å²) in [5, 5.41) is 18.5. The van der Waals surface area contributed by atoms with Crippen LogP contribution in [0.15, 0.2) is 51.2 Å². The number of rotatable bonds is 1. The maximum absolute atomic E-state index is 12.8. The number of halogens is 1. The topological polar surface area (TPSA) is 128 Å². The number of hydrogen-bond acceptors (Lipinski definition) is 6. The summed E-state index contributed by atoms with van der Waals surface area (Å²) in [5.41, 5.74) is 0.508. The molecule has 1 aliphatic heterocycles. The molecule has 1 aromatic heterocycles. The maximum atomic E-state index is 12.8. The SMILES string of the molecule is NS(=O)(=O)c1ccc2c(c1)/C(=N\O)c1nc3cc(Cl)ccc3c(=O)n1-2. The summed E-state index contributed by atoms with van der Waals surface area (Å²) in [6, 6.07) is 8.57. The number of primary sulfonamides is 1. The molecule has 10 heteroatoms. The van der Waals surface area contributed by atoms with Gasteiger partial charge >= 0.3 is 0 Å². The van der Waals surface area contributed by atoms with Crippen molar-refractivity contribution in [3.63, 3.8) is 0 Å². The molecule has 0 radical (unpaired) electrons. The fourth-order valence-corrected chi connectivity index (χ4v) is 3.54. The van der Waals surface area contributed by atoms with E-state index >= 15 is 0 Å².